The molecule has 12 heavy (non-hydrogen) atoms. The van der Waals surface area contributed by atoms with Gasteiger partial charge in [0.1, 0.15) is 0 Å². The van der Waals surface area contributed by atoms with Crippen molar-refractivity contribution in [3.8, 4) is 0 Å². The van der Waals surface area contributed by atoms with Crippen molar-refractivity contribution in [1.82, 2.24) is 0 Å². The fraction of sp³-hybridized carbons (Fsp3) is 0.182. The highest BCUT2D eigenvalue weighted by molar-refractivity contribution is 5.93. The van der Waals surface area contributed by atoms with Crippen molar-refractivity contribution in [2.24, 2.45) is 0 Å². The van der Waals surface area contributed by atoms with Gasteiger partial charge in [0.2, 0.25) is 0 Å². The Labute approximate surface area is 72.2 Å². The first-order valence-electron chi connectivity index (χ1n) is 4.11. The number of fused-ring (bicyclic) bond motifs is 1. The zero-order valence-corrected chi connectivity index (χ0v) is 7.09. The first kappa shape index (κ1) is 7.29. The van der Waals surface area contributed by atoms with Gasteiger partial charge in [-0.3, -0.25) is 0 Å². The lowest BCUT2D eigenvalue weighted by atomic mass is 10.1. The molecule has 0 aromatic heterocycles. The SMILES string of the molecule is CC1=C(C=N)Cc2ccccc21. The molecule has 2 rings (SSSR count). The van der Waals surface area contributed by atoms with Crippen LogP contribution in [-0.2, 0) is 6.42 Å². The molecule has 0 fully saturated rings. The Hall–Kier alpha value is -1.37. The normalized spacial score (nSPS) is 14.8. The molecule has 0 saturated heterocycles. The Morgan fingerprint density at radius 1 is 1.33 bits per heavy atom. The summed E-state index contributed by atoms with van der Waals surface area (Å²) in [5.74, 6) is 0. The van der Waals surface area contributed by atoms with Crippen molar-refractivity contribution in [3.63, 3.8) is 0 Å². The third-order valence-corrected chi connectivity index (χ3v) is 2.46. The van der Waals surface area contributed by atoms with Crippen LogP contribution in [0.3, 0.4) is 0 Å². The largest absolute Gasteiger partial charge is 0.308 e. The van der Waals surface area contributed by atoms with E-state index in [2.05, 4.69) is 31.2 Å². The van der Waals surface area contributed by atoms with E-state index in [1.807, 2.05) is 0 Å². The second-order valence-electron chi connectivity index (χ2n) is 3.13. The van der Waals surface area contributed by atoms with E-state index in [-0.39, 0.29) is 0 Å². The average molecular weight is 157 g/mol. The molecule has 60 valence electrons. The van der Waals surface area contributed by atoms with E-state index >= 15 is 0 Å². The third-order valence-electron chi connectivity index (χ3n) is 2.46. The molecule has 0 aliphatic heterocycles. The maximum absolute atomic E-state index is 7.22. The highest BCUT2D eigenvalue weighted by atomic mass is 14.3. The lowest BCUT2D eigenvalue weighted by Crippen LogP contribution is -1.83. The standard InChI is InChI=1S/C11H11N/c1-8-10(7-12)6-9-4-2-3-5-11(8)9/h2-5,7,12H,6H2,1H3. The Kier molecular flexibility index (Phi) is 1.58. The van der Waals surface area contributed by atoms with E-state index in [9.17, 15) is 0 Å². The van der Waals surface area contributed by atoms with Crippen molar-refractivity contribution in [3.05, 3.63) is 41.0 Å². The van der Waals surface area contributed by atoms with Gasteiger partial charge in [-0.15, -0.1) is 0 Å². The fourth-order valence-electron chi connectivity index (χ4n) is 1.71. The monoisotopic (exact) mass is 157 g/mol. The first-order chi connectivity index (χ1) is 5.83. The Bertz CT molecular complexity index is 361. The summed E-state index contributed by atoms with van der Waals surface area (Å²) in [5, 5.41) is 7.22. The summed E-state index contributed by atoms with van der Waals surface area (Å²) >= 11 is 0. The van der Waals surface area contributed by atoms with E-state index in [4.69, 9.17) is 5.41 Å². The van der Waals surface area contributed by atoms with Gasteiger partial charge in [0.05, 0.1) is 0 Å². The van der Waals surface area contributed by atoms with Gasteiger partial charge in [-0.2, -0.15) is 0 Å². The third kappa shape index (κ3) is 0.900. The van der Waals surface area contributed by atoms with Crippen molar-refractivity contribution in [2.75, 3.05) is 0 Å². The highest BCUT2D eigenvalue weighted by Crippen LogP contribution is 2.30. The number of nitrogens with one attached hydrogen (secondary N) is 1. The quantitative estimate of drug-likeness (QED) is 0.606. The fourth-order valence-corrected chi connectivity index (χ4v) is 1.71. The minimum Gasteiger partial charge on any atom is -0.308 e. The van der Waals surface area contributed by atoms with Gasteiger partial charge in [-0.25, -0.2) is 0 Å². The van der Waals surface area contributed by atoms with Crippen molar-refractivity contribution >= 4 is 11.8 Å². The lowest BCUT2D eigenvalue weighted by molar-refractivity contribution is 1.27. The molecular formula is C11H11N. The molecule has 0 amide bonds. The van der Waals surface area contributed by atoms with Crippen LogP contribution in [0.1, 0.15) is 18.1 Å². The van der Waals surface area contributed by atoms with E-state index in [1.165, 1.54) is 22.9 Å². The molecule has 1 heteroatoms. The van der Waals surface area contributed by atoms with E-state index in [1.54, 1.807) is 0 Å². The predicted molar refractivity (Wildman–Crippen MR) is 51.5 cm³/mol. The average Bonchev–Trinajstić information content (AvgIpc) is 2.44. The van der Waals surface area contributed by atoms with Crippen molar-refractivity contribution < 1.29 is 0 Å². The first-order valence-corrected chi connectivity index (χ1v) is 4.11. The zero-order chi connectivity index (χ0) is 8.55. The molecule has 1 N–H and O–H groups in total. The van der Waals surface area contributed by atoms with E-state index in [0.717, 1.165) is 12.0 Å². The molecule has 0 unspecified atom stereocenters. The van der Waals surface area contributed by atoms with Gasteiger partial charge in [-0.05, 0) is 35.6 Å². The molecule has 1 aromatic rings. The molecule has 0 bridgehead atoms. The van der Waals surface area contributed by atoms with Crippen LogP contribution in [0, 0.1) is 5.41 Å². The number of allylic oxidation sites excluding steroid dienone is 2. The molecule has 1 aromatic carbocycles. The Balaban J connectivity index is 2.56. The molecule has 1 aliphatic rings. The smallest absolute Gasteiger partial charge is 0.0216 e. The van der Waals surface area contributed by atoms with Crippen molar-refractivity contribution in [1.29, 1.82) is 5.41 Å². The Morgan fingerprint density at radius 2 is 2.08 bits per heavy atom. The summed E-state index contributed by atoms with van der Waals surface area (Å²) in [6, 6.07) is 8.37. The molecule has 0 saturated carbocycles. The van der Waals surface area contributed by atoms with Gasteiger partial charge in [0, 0.05) is 6.21 Å². The number of rotatable bonds is 1. The van der Waals surface area contributed by atoms with Gasteiger partial charge in [-0.1, -0.05) is 24.3 Å². The van der Waals surface area contributed by atoms with Crippen LogP contribution in [0.15, 0.2) is 29.8 Å². The van der Waals surface area contributed by atoms with Gasteiger partial charge in [0.25, 0.3) is 0 Å². The summed E-state index contributed by atoms with van der Waals surface area (Å²) in [7, 11) is 0. The Morgan fingerprint density at radius 3 is 2.75 bits per heavy atom. The molecule has 0 heterocycles. The highest BCUT2D eigenvalue weighted by Gasteiger charge is 2.15. The number of hydrogen-bond acceptors (Lipinski definition) is 1. The molecule has 0 radical (unpaired) electrons. The maximum atomic E-state index is 7.22. The summed E-state index contributed by atoms with van der Waals surface area (Å²) in [5.41, 5.74) is 5.08. The second-order valence-corrected chi connectivity index (χ2v) is 3.13. The van der Waals surface area contributed by atoms with Gasteiger partial charge < -0.3 is 5.41 Å². The topological polar surface area (TPSA) is 23.9 Å². The molecule has 0 spiro atoms. The number of benzene rings is 1. The second kappa shape index (κ2) is 2.59. The maximum Gasteiger partial charge on any atom is 0.0216 e. The molecule has 0 atom stereocenters. The van der Waals surface area contributed by atoms with Gasteiger partial charge >= 0.3 is 0 Å². The summed E-state index contributed by atoms with van der Waals surface area (Å²) < 4.78 is 0. The van der Waals surface area contributed by atoms with Gasteiger partial charge in [0.15, 0.2) is 0 Å². The predicted octanol–water partition coefficient (Wildman–Crippen LogP) is 2.67. The van der Waals surface area contributed by atoms with Crippen LogP contribution in [0.5, 0.6) is 0 Å². The molecular weight excluding hydrogens is 146 g/mol. The van der Waals surface area contributed by atoms with Crippen LogP contribution in [0.4, 0.5) is 0 Å². The minimum absolute atomic E-state index is 0.936. The van der Waals surface area contributed by atoms with Crippen LogP contribution < -0.4 is 0 Å². The van der Waals surface area contributed by atoms with Crippen LogP contribution in [-0.4, -0.2) is 6.21 Å². The molecule has 1 nitrogen and oxygen atoms in total. The summed E-state index contributed by atoms with van der Waals surface area (Å²) in [4.78, 5) is 0. The van der Waals surface area contributed by atoms with E-state index < -0.39 is 0 Å². The van der Waals surface area contributed by atoms with Crippen LogP contribution in [0.25, 0.3) is 5.57 Å². The lowest BCUT2D eigenvalue weighted by Gasteiger charge is -1.97. The van der Waals surface area contributed by atoms with Crippen LogP contribution in [0.2, 0.25) is 0 Å². The minimum atomic E-state index is 0.936. The summed E-state index contributed by atoms with van der Waals surface area (Å²) in [6.07, 6.45) is 2.40. The van der Waals surface area contributed by atoms with E-state index in [0.29, 0.717) is 0 Å². The van der Waals surface area contributed by atoms with Crippen LogP contribution >= 0.6 is 0 Å². The van der Waals surface area contributed by atoms with Crippen molar-refractivity contribution in [2.45, 2.75) is 13.3 Å². The molecule has 1 aliphatic carbocycles. The number of hydrogen-bond donors (Lipinski definition) is 1. The zero-order valence-electron chi connectivity index (χ0n) is 7.09. The summed E-state index contributed by atoms with van der Waals surface area (Å²) in [6.45, 7) is 2.09.